The number of alkyl halides is 12. The number of allylic oxidation sites excluding steroid dienone is 2. The van der Waals surface area contributed by atoms with E-state index in [0.29, 0.717) is 11.1 Å². The van der Waals surface area contributed by atoms with Crippen LogP contribution in [-0.2, 0) is 41.8 Å². The standard InChI is InChI=1S/2C18H11F6.C2H7Si.Ti/c2*1-10-5-11-3-2-4-15(16(11)6-10)12-7-13(17(19,20)21)9-14(8-12)18(22,23)24;1-3-2;/h2*2-9H,1H3;3H,1-2H3;. The van der Waals surface area contributed by atoms with Gasteiger partial charge in [0.1, 0.15) is 0 Å². The van der Waals surface area contributed by atoms with Crippen LogP contribution in [0.3, 0.4) is 0 Å². The Kier molecular flexibility index (Phi) is 9.61. The molecule has 2 unspecified atom stereocenters. The van der Waals surface area contributed by atoms with E-state index >= 15 is 0 Å². The van der Waals surface area contributed by atoms with Gasteiger partial charge in [0.25, 0.3) is 0 Å². The van der Waals surface area contributed by atoms with Gasteiger partial charge in [0.2, 0.25) is 0 Å². The summed E-state index contributed by atoms with van der Waals surface area (Å²) >= 11 is -2.49. The molecule has 52 heavy (non-hydrogen) atoms. The zero-order valence-corrected chi connectivity index (χ0v) is 30.6. The van der Waals surface area contributed by atoms with E-state index in [4.69, 9.17) is 0 Å². The molecule has 0 fully saturated rings. The second-order valence-corrected chi connectivity index (χ2v) is 27.3. The van der Waals surface area contributed by atoms with E-state index in [0.717, 1.165) is 46.5 Å². The first kappa shape index (κ1) is 38.2. The fraction of sp³-hybridized carbons (Fsp3) is 0.263. The van der Waals surface area contributed by atoms with Gasteiger partial charge in [-0.05, 0) is 0 Å². The third kappa shape index (κ3) is 7.08. The van der Waals surface area contributed by atoms with Crippen molar-refractivity contribution < 1.29 is 69.8 Å². The van der Waals surface area contributed by atoms with Crippen molar-refractivity contribution >= 4 is 18.8 Å². The molecular weight excluding hydrogens is 760 g/mol. The zero-order valence-electron chi connectivity index (χ0n) is 27.9. The van der Waals surface area contributed by atoms with Crippen molar-refractivity contribution in [3.8, 4) is 22.3 Å². The minimum absolute atomic E-state index is 0.0927. The van der Waals surface area contributed by atoms with Gasteiger partial charge in [-0.15, -0.1) is 0 Å². The van der Waals surface area contributed by atoms with E-state index < -0.39 is 70.7 Å². The molecular formula is C38H29F12SiTi. The number of fused-ring (bicyclic) bond motifs is 2. The van der Waals surface area contributed by atoms with Gasteiger partial charge in [-0.1, -0.05) is 0 Å². The monoisotopic (exact) mass is 789 g/mol. The van der Waals surface area contributed by atoms with Crippen LogP contribution in [0.15, 0.2) is 83.9 Å². The summed E-state index contributed by atoms with van der Waals surface area (Å²) in [6, 6.07) is 13.0. The van der Waals surface area contributed by atoms with E-state index in [1.165, 1.54) is 12.1 Å². The number of benzene rings is 4. The Labute approximate surface area is 298 Å². The number of halogens is 12. The molecule has 0 saturated carbocycles. The van der Waals surface area contributed by atoms with E-state index in [1.54, 1.807) is 12.1 Å². The Morgan fingerprint density at radius 2 is 0.788 bits per heavy atom. The number of hydrogen-bond acceptors (Lipinski definition) is 0. The minimum atomic E-state index is -5.02. The van der Waals surface area contributed by atoms with Crippen molar-refractivity contribution in [2.24, 2.45) is 0 Å². The maximum absolute atomic E-state index is 13.8. The van der Waals surface area contributed by atoms with Gasteiger partial charge in [0, 0.05) is 0 Å². The predicted molar refractivity (Wildman–Crippen MR) is 175 cm³/mol. The Morgan fingerprint density at radius 3 is 1.06 bits per heavy atom. The van der Waals surface area contributed by atoms with Crippen molar-refractivity contribution in [3.05, 3.63) is 128 Å². The molecule has 273 valence electrons. The SMILES string of the molecule is CC1=Cc2c(-c3cc(C(F)(F)F)cc(C(F)(F)F)c3)cccc2[CH]1[Ti]([CH]1C(C)=Cc2c(-c3cc(C(F)(F)F)cc(C(F)(F)F)c3)cccc21)[SiH](C)C. The fourth-order valence-corrected chi connectivity index (χ4v) is 23.1. The van der Waals surface area contributed by atoms with Gasteiger partial charge >= 0.3 is 299 Å². The van der Waals surface area contributed by atoms with Crippen LogP contribution in [0.2, 0.25) is 13.1 Å². The van der Waals surface area contributed by atoms with E-state index in [9.17, 15) is 52.7 Å². The molecule has 0 N–H and O–H groups in total. The summed E-state index contributed by atoms with van der Waals surface area (Å²) in [5.74, 6) is 0. The molecule has 0 aliphatic heterocycles. The van der Waals surface area contributed by atoms with Crippen LogP contribution in [0, 0.1) is 0 Å². The summed E-state index contributed by atoms with van der Waals surface area (Å²) in [5, 5.41) is 0. The van der Waals surface area contributed by atoms with Gasteiger partial charge in [0.15, 0.2) is 0 Å². The van der Waals surface area contributed by atoms with Crippen LogP contribution in [0.4, 0.5) is 52.7 Å². The third-order valence-electron chi connectivity index (χ3n) is 9.69. The third-order valence-corrected chi connectivity index (χ3v) is 24.5. The van der Waals surface area contributed by atoms with Crippen molar-refractivity contribution in [2.75, 3.05) is 0 Å². The van der Waals surface area contributed by atoms with Gasteiger partial charge in [-0.25, -0.2) is 0 Å². The Bertz CT molecular complexity index is 1900. The predicted octanol–water partition coefficient (Wildman–Crippen LogP) is 13.3. The molecule has 0 aromatic heterocycles. The molecule has 0 amide bonds. The molecule has 4 aromatic carbocycles. The van der Waals surface area contributed by atoms with E-state index in [-0.39, 0.29) is 42.8 Å². The van der Waals surface area contributed by atoms with Crippen LogP contribution < -0.4 is 0 Å². The molecule has 0 nitrogen and oxygen atoms in total. The summed E-state index contributed by atoms with van der Waals surface area (Å²) in [4.78, 5) is 0. The Balaban J connectivity index is 1.48. The molecule has 2 atom stereocenters. The quantitative estimate of drug-likeness (QED) is 0.140. The van der Waals surface area contributed by atoms with Crippen LogP contribution in [0.5, 0.6) is 0 Å². The average molecular weight is 790 g/mol. The van der Waals surface area contributed by atoms with E-state index in [1.807, 2.05) is 38.1 Å². The Morgan fingerprint density at radius 1 is 0.481 bits per heavy atom. The van der Waals surface area contributed by atoms with Gasteiger partial charge in [0.05, 0.1) is 0 Å². The normalized spacial score (nSPS) is 17.6. The first-order valence-electron chi connectivity index (χ1n) is 16.1. The summed E-state index contributed by atoms with van der Waals surface area (Å²) in [5.41, 5.74) is -1.20. The summed E-state index contributed by atoms with van der Waals surface area (Å²) in [6.45, 7) is 6.52. The first-order valence-corrected chi connectivity index (χ1v) is 23.4. The molecule has 6 rings (SSSR count). The number of hydrogen-bond donors (Lipinski definition) is 0. The summed E-state index contributed by atoms with van der Waals surface area (Å²) in [6.07, 6.45) is -16.5. The molecule has 14 heteroatoms. The molecule has 4 aromatic rings. The van der Waals surface area contributed by atoms with Crippen molar-refractivity contribution in [2.45, 2.75) is 60.1 Å². The topological polar surface area (TPSA) is 0 Å². The second-order valence-electron chi connectivity index (χ2n) is 13.5. The van der Waals surface area contributed by atoms with Crippen LogP contribution >= 0.6 is 0 Å². The van der Waals surface area contributed by atoms with E-state index in [2.05, 4.69) is 13.1 Å². The van der Waals surface area contributed by atoms with Crippen molar-refractivity contribution in [3.63, 3.8) is 0 Å². The molecule has 0 spiro atoms. The first-order chi connectivity index (χ1) is 24.0. The van der Waals surface area contributed by atoms with Crippen LogP contribution in [0.1, 0.15) is 66.8 Å². The average Bonchev–Trinajstić information content (AvgIpc) is 3.54. The molecule has 0 radical (unpaired) electrons. The van der Waals surface area contributed by atoms with Crippen molar-refractivity contribution in [1.82, 2.24) is 0 Å². The van der Waals surface area contributed by atoms with Gasteiger partial charge < -0.3 is 0 Å². The van der Waals surface area contributed by atoms with Crippen LogP contribution in [0.25, 0.3) is 34.4 Å². The molecule has 0 heterocycles. The number of rotatable bonds is 5. The van der Waals surface area contributed by atoms with Crippen molar-refractivity contribution in [1.29, 1.82) is 0 Å². The second kappa shape index (κ2) is 13.1. The molecule has 0 saturated heterocycles. The fourth-order valence-electron chi connectivity index (χ4n) is 7.55. The van der Waals surface area contributed by atoms with Gasteiger partial charge in [-0.3, -0.25) is 0 Å². The molecule has 0 bridgehead atoms. The molecule has 2 aliphatic carbocycles. The summed E-state index contributed by atoms with van der Waals surface area (Å²) < 4.78 is 165. The molecule has 2 aliphatic rings. The van der Waals surface area contributed by atoms with Gasteiger partial charge in [-0.2, -0.15) is 0 Å². The Hall–Kier alpha value is -3.55. The van der Waals surface area contributed by atoms with Crippen LogP contribution in [-0.4, -0.2) is 6.66 Å². The summed E-state index contributed by atoms with van der Waals surface area (Å²) in [7, 11) is 0. The zero-order chi connectivity index (χ0) is 38.3. The maximum atomic E-state index is 13.8.